The Morgan fingerprint density at radius 1 is 0.531 bits per heavy atom. The zero-order valence-corrected chi connectivity index (χ0v) is 39.0. The van der Waals surface area contributed by atoms with Gasteiger partial charge in [-0.1, -0.05) is 80.4 Å². The number of benzene rings is 1. The van der Waals surface area contributed by atoms with Crippen molar-refractivity contribution in [1.29, 1.82) is 0 Å². The van der Waals surface area contributed by atoms with Crippen LogP contribution >= 0.6 is 0 Å². The van der Waals surface area contributed by atoms with Crippen molar-refractivity contribution >= 4 is 47.3 Å². The summed E-state index contributed by atoms with van der Waals surface area (Å²) in [7, 11) is 0. The Morgan fingerprint density at radius 2 is 0.969 bits per heavy atom. The molecule has 10 atom stereocenters. The minimum atomic E-state index is -1.20. The van der Waals surface area contributed by atoms with Crippen LogP contribution in [0.15, 0.2) is 24.3 Å². The van der Waals surface area contributed by atoms with E-state index in [-0.39, 0.29) is 61.9 Å². The predicted octanol–water partition coefficient (Wildman–Crippen LogP) is 2.14. The van der Waals surface area contributed by atoms with Crippen LogP contribution in [0.5, 0.6) is 5.75 Å². The van der Waals surface area contributed by atoms with E-state index in [4.69, 9.17) is 0 Å². The molecule has 1 unspecified atom stereocenters. The van der Waals surface area contributed by atoms with Gasteiger partial charge in [-0.25, -0.2) is 0 Å². The number of rotatable bonds is 9. The fourth-order valence-corrected chi connectivity index (χ4v) is 9.41. The number of carbonyl (C=O) groups is 8. The van der Waals surface area contributed by atoms with Gasteiger partial charge in [0.2, 0.25) is 47.3 Å². The molecule has 5 rings (SSSR count). The number of fused-ring (bicyclic) bond motifs is 3. The first-order valence-corrected chi connectivity index (χ1v) is 23.6. The first-order valence-electron chi connectivity index (χ1n) is 23.6. The van der Waals surface area contributed by atoms with Crippen molar-refractivity contribution < 1.29 is 43.5 Å². The number of carbonyl (C=O) groups excluding carboxylic acids is 8. The number of nitrogens with one attached hydrogen (secondary N) is 5. The van der Waals surface area contributed by atoms with Crippen molar-refractivity contribution in [2.45, 2.75) is 168 Å². The molecule has 64 heavy (non-hydrogen) atoms. The molecule has 17 heteroatoms. The van der Waals surface area contributed by atoms with Crippen LogP contribution < -0.4 is 26.6 Å². The monoisotopic (exact) mass is 893 g/mol. The Labute approximate surface area is 377 Å². The highest BCUT2D eigenvalue weighted by atomic mass is 16.3. The minimum Gasteiger partial charge on any atom is -0.508 e. The number of phenols is 1. The summed E-state index contributed by atoms with van der Waals surface area (Å²) in [5.41, 5.74) is 0.619. The molecular weight excluding hydrogens is 821 g/mol. The van der Waals surface area contributed by atoms with Crippen LogP contribution in [0.25, 0.3) is 0 Å². The van der Waals surface area contributed by atoms with E-state index in [9.17, 15) is 43.5 Å². The molecule has 1 aromatic rings. The summed E-state index contributed by atoms with van der Waals surface area (Å²) in [6.07, 6.45) is 3.83. The van der Waals surface area contributed by atoms with Gasteiger partial charge in [0.05, 0.1) is 0 Å². The van der Waals surface area contributed by atoms with Gasteiger partial charge in [0.1, 0.15) is 54.1 Å². The molecule has 0 spiro atoms. The molecule has 4 aliphatic rings. The third-order valence-corrected chi connectivity index (χ3v) is 13.6. The number of nitrogens with zero attached hydrogens (tertiary/aromatic N) is 3. The van der Waals surface area contributed by atoms with Crippen LogP contribution in [0, 0.1) is 23.7 Å². The fourth-order valence-electron chi connectivity index (χ4n) is 9.41. The second-order valence-corrected chi connectivity index (χ2v) is 19.2. The quantitative estimate of drug-likeness (QED) is 0.213. The van der Waals surface area contributed by atoms with Crippen LogP contribution in [0.2, 0.25) is 0 Å². The van der Waals surface area contributed by atoms with Crippen molar-refractivity contribution in [2.75, 3.05) is 19.6 Å². The fraction of sp³-hybridized carbons (Fsp3) is 0.702. The van der Waals surface area contributed by atoms with E-state index in [1.807, 2.05) is 41.5 Å². The van der Waals surface area contributed by atoms with Gasteiger partial charge in [0.15, 0.2) is 0 Å². The van der Waals surface area contributed by atoms with E-state index in [0.717, 1.165) is 0 Å². The normalized spacial score (nSPS) is 29.3. The molecule has 0 aromatic heterocycles. The Balaban J connectivity index is 1.56. The van der Waals surface area contributed by atoms with Gasteiger partial charge in [0, 0.05) is 26.1 Å². The lowest BCUT2D eigenvalue weighted by atomic mass is 9.93. The van der Waals surface area contributed by atoms with E-state index in [1.54, 1.807) is 26.0 Å². The summed E-state index contributed by atoms with van der Waals surface area (Å²) in [5, 5.41) is 24.5. The highest BCUT2D eigenvalue weighted by Crippen LogP contribution is 2.28. The Bertz CT molecular complexity index is 1870. The van der Waals surface area contributed by atoms with E-state index in [1.165, 1.54) is 26.8 Å². The van der Waals surface area contributed by atoms with Crippen LogP contribution in [0.3, 0.4) is 0 Å². The van der Waals surface area contributed by atoms with Crippen LogP contribution in [-0.2, 0) is 44.8 Å². The van der Waals surface area contributed by atoms with Gasteiger partial charge in [-0.05, 0) is 86.3 Å². The third kappa shape index (κ3) is 11.7. The van der Waals surface area contributed by atoms with Crippen LogP contribution in [-0.4, -0.2) is 135 Å². The standard InChI is InChI=1S/C47H72N8O9/c1-9-28(7)38-44(61)52-39(29(8)10-2)47(64)55-23-13-16-36(55)45(62)53-21-11-14-34(53)42(59)49-33(25-30-17-19-31(56)20-18-30)41(58)50-37(27(5)6)46(63)54-22-12-15-35(54)43(60)48-32(24-26(3)4)40(57)51-38/h17-20,26-29,32-39,56H,9-16,21-25H2,1-8H3,(H,48,60)(H,49,59)(H,50,58)(H,51,57)(H,52,61)/t28-,29-,32-,33-,34-,35?,36-,37-,38-,39-/m0/s1. The zero-order valence-electron chi connectivity index (χ0n) is 39.0. The van der Waals surface area contributed by atoms with E-state index in [2.05, 4.69) is 26.6 Å². The zero-order chi connectivity index (χ0) is 47.0. The van der Waals surface area contributed by atoms with Crippen LogP contribution in [0.1, 0.15) is 119 Å². The second-order valence-electron chi connectivity index (χ2n) is 19.2. The van der Waals surface area contributed by atoms with Crippen molar-refractivity contribution in [3.63, 3.8) is 0 Å². The highest BCUT2D eigenvalue weighted by Gasteiger charge is 2.46. The van der Waals surface area contributed by atoms with Gasteiger partial charge in [-0.15, -0.1) is 0 Å². The molecular formula is C47H72N8O9. The first kappa shape index (κ1) is 49.8. The molecule has 6 N–H and O–H groups in total. The van der Waals surface area contributed by atoms with Crippen molar-refractivity contribution in [2.24, 2.45) is 23.7 Å². The SMILES string of the molecule is CC[C@H](C)[C@@H]1NC(=O)[C@H](CC(C)C)NC(=O)C2CCCN2C(=O)[C@H](C(C)C)NC(=O)[C@H](Cc2ccc(O)cc2)NC(=O)[C@@H]2CCCN2C(=O)[C@@H]2CCCN2C(=O)[C@H]([C@@H](C)CC)NC1=O. The molecule has 17 nitrogen and oxygen atoms in total. The summed E-state index contributed by atoms with van der Waals surface area (Å²) in [4.78, 5) is 119. The van der Waals surface area contributed by atoms with Crippen molar-refractivity contribution in [3.05, 3.63) is 29.8 Å². The summed E-state index contributed by atoms with van der Waals surface area (Å²) in [6.45, 7) is 15.6. The number of hydrogen-bond acceptors (Lipinski definition) is 9. The lowest BCUT2D eigenvalue weighted by molar-refractivity contribution is -0.149. The largest absolute Gasteiger partial charge is 0.508 e. The molecule has 4 saturated heterocycles. The number of aromatic hydroxyl groups is 1. The average Bonchev–Trinajstić information content (AvgIpc) is 4.07. The molecule has 4 fully saturated rings. The van der Waals surface area contributed by atoms with Crippen molar-refractivity contribution in [1.82, 2.24) is 41.3 Å². The number of amides is 8. The topological polar surface area (TPSA) is 227 Å². The van der Waals surface area contributed by atoms with Gasteiger partial charge in [-0.2, -0.15) is 0 Å². The molecule has 0 radical (unpaired) electrons. The third-order valence-electron chi connectivity index (χ3n) is 13.6. The Morgan fingerprint density at radius 3 is 1.50 bits per heavy atom. The molecule has 354 valence electrons. The number of hydrogen-bond donors (Lipinski definition) is 6. The molecule has 0 bridgehead atoms. The van der Waals surface area contributed by atoms with Crippen molar-refractivity contribution in [3.8, 4) is 5.75 Å². The van der Waals surface area contributed by atoms with Gasteiger partial charge < -0.3 is 46.4 Å². The lowest BCUT2D eigenvalue weighted by Gasteiger charge is -2.36. The predicted molar refractivity (Wildman–Crippen MR) is 239 cm³/mol. The molecule has 0 aliphatic carbocycles. The smallest absolute Gasteiger partial charge is 0.246 e. The van der Waals surface area contributed by atoms with E-state index in [0.29, 0.717) is 56.9 Å². The summed E-state index contributed by atoms with van der Waals surface area (Å²) in [5.74, 6) is -5.33. The molecule has 8 amide bonds. The van der Waals surface area contributed by atoms with Crippen LogP contribution in [0.4, 0.5) is 0 Å². The number of phenolic OH excluding ortho intramolecular Hbond substituents is 1. The van der Waals surface area contributed by atoms with Gasteiger partial charge in [0.25, 0.3) is 0 Å². The maximum Gasteiger partial charge on any atom is 0.246 e. The average molecular weight is 893 g/mol. The molecule has 4 aliphatic heterocycles. The molecule has 1 aromatic carbocycles. The molecule has 0 saturated carbocycles. The summed E-state index contributed by atoms with van der Waals surface area (Å²) >= 11 is 0. The van der Waals surface area contributed by atoms with E-state index >= 15 is 0 Å². The second kappa shape index (κ2) is 22.1. The minimum absolute atomic E-state index is 0.00289. The Hall–Kier alpha value is -5.22. The summed E-state index contributed by atoms with van der Waals surface area (Å²) < 4.78 is 0. The first-order chi connectivity index (χ1) is 30.4. The maximum absolute atomic E-state index is 14.6. The highest BCUT2D eigenvalue weighted by molar-refractivity contribution is 5.99. The van der Waals surface area contributed by atoms with Gasteiger partial charge >= 0.3 is 0 Å². The van der Waals surface area contributed by atoms with Gasteiger partial charge in [-0.3, -0.25) is 38.4 Å². The maximum atomic E-state index is 14.6. The van der Waals surface area contributed by atoms with E-state index < -0.39 is 95.6 Å². The summed E-state index contributed by atoms with van der Waals surface area (Å²) in [6, 6.07) is -2.02. The Kier molecular flexibility index (Phi) is 17.2. The molecule has 4 heterocycles. The lowest BCUT2D eigenvalue weighted by Crippen LogP contribution is -2.62.